The molecule has 1 N–H and O–H groups in total. The summed E-state index contributed by atoms with van der Waals surface area (Å²) in [7, 11) is 1.70. The zero-order valence-electron chi connectivity index (χ0n) is 16.8. The number of morpholine rings is 1. The van der Waals surface area contributed by atoms with E-state index in [0.29, 0.717) is 25.5 Å². The van der Waals surface area contributed by atoms with Crippen molar-refractivity contribution in [2.24, 2.45) is 0 Å². The summed E-state index contributed by atoms with van der Waals surface area (Å²) in [5, 5.41) is 9.81. The fourth-order valence-corrected chi connectivity index (χ4v) is 4.48. The average molecular weight is 405 g/mol. The van der Waals surface area contributed by atoms with Crippen LogP contribution < -0.4 is 9.64 Å². The number of aromatic nitrogens is 2. The third kappa shape index (κ3) is 3.02. The van der Waals surface area contributed by atoms with E-state index in [9.17, 15) is 9.90 Å². The summed E-state index contributed by atoms with van der Waals surface area (Å²) >= 11 is 0. The molecule has 4 heterocycles. The van der Waals surface area contributed by atoms with E-state index in [1.807, 2.05) is 16.7 Å². The summed E-state index contributed by atoms with van der Waals surface area (Å²) in [4.78, 5) is 18.5. The van der Waals surface area contributed by atoms with Gasteiger partial charge in [0, 0.05) is 48.7 Å². The smallest absolute Gasteiger partial charge is 0.352 e. The summed E-state index contributed by atoms with van der Waals surface area (Å²) in [6, 6.07) is 9.86. The second kappa shape index (κ2) is 7.50. The fourth-order valence-electron chi connectivity index (χ4n) is 4.48. The Morgan fingerprint density at radius 2 is 2.00 bits per heavy atom. The fraction of sp³-hybridized carbons (Fsp3) is 0.304. The predicted molar refractivity (Wildman–Crippen MR) is 113 cm³/mol. The molecule has 2 aromatic heterocycles. The van der Waals surface area contributed by atoms with Gasteiger partial charge in [-0.25, -0.2) is 4.79 Å². The minimum Gasteiger partial charge on any atom is -0.495 e. The highest BCUT2D eigenvalue weighted by Gasteiger charge is 2.28. The maximum atomic E-state index is 12.0. The predicted octanol–water partition coefficient (Wildman–Crippen LogP) is 3.32. The van der Waals surface area contributed by atoms with Gasteiger partial charge in [0.1, 0.15) is 11.4 Å². The molecule has 30 heavy (non-hydrogen) atoms. The van der Waals surface area contributed by atoms with Gasteiger partial charge in [-0.15, -0.1) is 0 Å². The Labute approximate surface area is 174 Å². The molecule has 0 aliphatic carbocycles. The van der Waals surface area contributed by atoms with Crippen molar-refractivity contribution >= 4 is 11.7 Å². The van der Waals surface area contributed by atoms with Crippen LogP contribution in [-0.2, 0) is 17.7 Å². The van der Waals surface area contributed by atoms with Crippen LogP contribution in [0, 0.1) is 0 Å². The molecule has 1 aromatic carbocycles. The number of rotatable bonds is 4. The maximum Gasteiger partial charge on any atom is 0.352 e. The molecule has 0 bridgehead atoms. The molecule has 7 nitrogen and oxygen atoms in total. The van der Waals surface area contributed by atoms with Crippen molar-refractivity contribution < 1.29 is 19.4 Å². The van der Waals surface area contributed by atoms with Gasteiger partial charge in [-0.3, -0.25) is 4.98 Å². The summed E-state index contributed by atoms with van der Waals surface area (Å²) in [6.07, 6.45) is 4.26. The Hall–Kier alpha value is -3.32. The summed E-state index contributed by atoms with van der Waals surface area (Å²) in [5.74, 6) is -0.0752. The van der Waals surface area contributed by atoms with Gasteiger partial charge in [0.2, 0.25) is 0 Å². The molecule has 1 saturated heterocycles. The van der Waals surface area contributed by atoms with E-state index in [0.717, 1.165) is 58.9 Å². The quantitative estimate of drug-likeness (QED) is 0.718. The normalized spacial score (nSPS) is 15.4. The summed E-state index contributed by atoms with van der Waals surface area (Å²) in [6.45, 7) is 3.57. The number of aromatic carboxylic acids is 1. The molecule has 3 aromatic rings. The van der Waals surface area contributed by atoms with Gasteiger partial charge in [-0.2, -0.15) is 0 Å². The Bertz CT molecular complexity index is 1100. The van der Waals surface area contributed by atoms with Crippen LogP contribution in [0.15, 0.2) is 42.7 Å². The average Bonchev–Trinajstić information content (AvgIpc) is 3.20. The molecule has 0 saturated carbocycles. The van der Waals surface area contributed by atoms with E-state index in [1.54, 1.807) is 25.6 Å². The van der Waals surface area contributed by atoms with E-state index in [2.05, 4.69) is 22.0 Å². The summed E-state index contributed by atoms with van der Waals surface area (Å²) in [5.41, 5.74) is 6.26. The monoisotopic (exact) mass is 405 g/mol. The van der Waals surface area contributed by atoms with Crippen LogP contribution in [0.25, 0.3) is 22.4 Å². The number of hydrogen-bond donors (Lipinski definition) is 1. The lowest BCUT2D eigenvalue weighted by atomic mass is 9.93. The summed E-state index contributed by atoms with van der Waals surface area (Å²) < 4.78 is 13.1. The standard InChI is InChI=1S/C23H23N3O4/c1-29-21-11-15-4-6-26-20(23(27)28)13-18(16-3-2-5-24-14-16)22(26)17(15)12-19(21)25-7-9-30-10-8-25/h2-3,5,11-14H,4,6-10H2,1H3,(H,27,28). The minimum atomic E-state index is -0.920. The Balaban J connectivity index is 1.73. The number of aryl methyl sites for hydroxylation is 1. The van der Waals surface area contributed by atoms with Crippen molar-refractivity contribution in [3.05, 3.63) is 54.0 Å². The highest BCUT2D eigenvalue weighted by molar-refractivity contribution is 5.95. The molecule has 0 atom stereocenters. The van der Waals surface area contributed by atoms with Gasteiger partial charge < -0.3 is 24.0 Å². The molecule has 0 unspecified atom stereocenters. The number of fused-ring (bicyclic) bond motifs is 3. The van der Waals surface area contributed by atoms with Crippen molar-refractivity contribution in [1.29, 1.82) is 0 Å². The lowest BCUT2D eigenvalue weighted by molar-refractivity contribution is 0.0685. The molecular weight excluding hydrogens is 382 g/mol. The van der Waals surface area contributed by atoms with Crippen molar-refractivity contribution in [1.82, 2.24) is 9.55 Å². The second-order valence-electron chi connectivity index (χ2n) is 7.52. The molecule has 1 fully saturated rings. The topological polar surface area (TPSA) is 76.8 Å². The van der Waals surface area contributed by atoms with Gasteiger partial charge >= 0.3 is 5.97 Å². The van der Waals surface area contributed by atoms with E-state index in [1.165, 1.54) is 0 Å². The van der Waals surface area contributed by atoms with Gasteiger partial charge in [0.05, 0.1) is 31.7 Å². The Kier molecular flexibility index (Phi) is 4.67. The number of pyridine rings is 1. The van der Waals surface area contributed by atoms with Gasteiger partial charge in [0.15, 0.2) is 0 Å². The number of ether oxygens (including phenoxy) is 2. The number of hydrogen-bond acceptors (Lipinski definition) is 5. The molecule has 0 radical (unpaired) electrons. The largest absolute Gasteiger partial charge is 0.495 e. The number of anilines is 1. The Morgan fingerprint density at radius 3 is 2.70 bits per heavy atom. The lowest BCUT2D eigenvalue weighted by Crippen LogP contribution is -2.36. The third-order valence-electron chi connectivity index (χ3n) is 5.90. The van der Waals surface area contributed by atoms with Crippen molar-refractivity contribution in [2.75, 3.05) is 38.3 Å². The van der Waals surface area contributed by atoms with E-state index in [4.69, 9.17) is 9.47 Å². The maximum absolute atomic E-state index is 12.0. The zero-order valence-corrected chi connectivity index (χ0v) is 16.8. The molecule has 2 aliphatic rings. The first kappa shape index (κ1) is 18.7. The van der Waals surface area contributed by atoms with Crippen LogP contribution in [0.1, 0.15) is 16.1 Å². The number of benzene rings is 1. The number of carboxylic acids is 1. The van der Waals surface area contributed by atoms with Crippen molar-refractivity contribution in [3.63, 3.8) is 0 Å². The molecule has 2 aliphatic heterocycles. The first-order valence-electron chi connectivity index (χ1n) is 10.1. The third-order valence-corrected chi connectivity index (χ3v) is 5.90. The number of nitrogens with zero attached hydrogens (tertiary/aromatic N) is 3. The first-order chi connectivity index (χ1) is 14.7. The zero-order chi connectivity index (χ0) is 20.7. The molecule has 0 amide bonds. The molecule has 7 heteroatoms. The van der Waals surface area contributed by atoms with Gasteiger partial charge in [-0.1, -0.05) is 6.07 Å². The minimum absolute atomic E-state index is 0.304. The van der Waals surface area contributed by atoms with Crippen LogP contribution >= 0.6 is 0 Å². The van der Waals surface area contributed by atoms with Crippen LogP contribution in [-0.4, -0.2) is 54.0 Å². The lowest BCUT2D eigenvalue weighted by Gasteiger charge is -2.32. The van der Waals surface area contributed by atoms with Crippen LogP contribution in [0.5, 0.6) is 5.75 Å². The number of carboxylic acid groups (broad SMARTS) is 1. The van der Waals surface area contributed by atoms with Crippen molar-refractivity contribution in [2.45, 2.75) is 13.0 Å². The number of carbonyl (C=O) groups is 1. The Morgan fingerprint density at radius 1 is 1.17 bits per heavy atom. The van der Waals surface area contributed by atoms with E-state index >= 15 is 0 Å². The van der Waals surface area contributed by atoms with Gasteiger partial charge in [-0.05, 0) is 36.2 Å². The molecule has 0 spiro atoms. The molecule has 5 rings (SSSR count). The highest BCUT2D eigenvalue weighted by Crippen LogP contribution is 2.44. The molecule has 154 valence electrons. The van der Waals surface area contributed by atoms with Crippen LogP contribution in [0.4, 0.5) is 5.69 Å². The number of methoxy groups -OCH3 is 1. The van der Waals surface area contributed by atoms with E-state index in [-0.39, 0.29) is 0 Å². The highest BCUT2D eigenvalue weighted by atomic mass is 16.5. The van der Waals surface area contributed by atoms with Gasteiger partial charge in [0.25, 0.3) is 0 Å². The van der Waals surface area contributed by atoms with Crippen LogP contribution in [0.3, 0.4) is 0 Å². The SMILES string of the molecule is COc1cc2c(cc1N1CCOCC1)-c1c(-c3cccnc3)cc(C(=O)O)n1CC2. The van der Waals surface area contributed by atoms with Crippen LogP contribution in [0.2, 0.25) is 0 Å². The van der Waals surface area contributed by atoms with E-state index < -0.39 is 5.97 Å². The second-order valence-corrected chi connectivity index (χ2v) is 7.52. The van der Waals surface area contributed by atoms with Crippen molar-refractivity contribution in [3.8, 4) is 28.1 Å². The first-order valence-corrected chi connectivity index (χ1v) is 10.1. The molecular formula is C23H23N3O4.